The van der Waals surface area contributed by atoms with Gasteiger partial charge in [0.1, 0.15) is 0 Å². The van der Waals surface area contributed by atoms with E-state index in [1.807, 2.05) is 23.1 Å². The number of anilines is 1. The van der Waals surface area contributed by atoms with E-state index in [2.05, 4.69) is 17.0 Å². The minimum atomic E-state index is -3.45. The third-order valence-corrected chi connectivity index (χ3v) is 6.65. The van der Waals surface area contributed by atoms with E-state index in [1.165, 1.54) is 16.1 Å². The molecule has 0 unspecified atom stereocenters. The topological polar surface area (TPSA) is 60.9 Å². The number of halogens is 1. The molecule has 0 radical (unpaired) electrons. The summed E-state index contributed by atoms with van der Waals surface area (Å²) >= 11 is 6.00. The van der Waals surface area contributed by atoms with Crippen LogP contribution in [0.4, 0.5) is 5.69 Å². The molecule has 2 aromatic carbocycles. The zero-order chi connectivity index (χ0) is 21.6. The molecule has 1 aliphatic rings. The highest BCUT2D eigenvalue weighted by atomic mass is 35.5. The maximum absolute atomic E-state index is 12.6. The molecular formula is C22H28ClN3O3S. The van der Waals surface area contributed by atoms with E-state index < -0.39 is 10.0 Å². The minimum absolute atomic E-state index is 0.0777. The Morgan fingerprint density at radius 3 is 2.37 bits per heavy atom. The van der Waals surface area contributed by atoms with E-state index >= 15 is 0 Å². The van der Waals surface area contributed by atoms with Crippen LogP contribution in [0.1, 0.15) is 18.4 Å². The van der Waals surface area contributed by atoms with E-state index in [9.17, 15) is 13.2 Å². The van der Waals surface area contributed by atoms with Crippen molar-refractivity contribution in [2.75, 3.05) is 43.3 Å². The van der Waals surface area contributed by atoms with Crippen LogP contribution in [-0.2, 0) is 21.4 Å². The number of benzene rings is 2. The predicted molar refractivity (Wildman–Crippen MR) is 121 cm³/mol. The summed E-state index contributed by atoms with van der Waals surface area (Å²) in [7, 11) is -3.45. The number of amides is 1. The van der Waals surface area contributed by atoms with E-state index in [0.717, 1.165) is 19.6 Å². The molecule has 1 saturated heterocycles. The van der Waals surface area contributed by atoms with Gasteiger partial charge in [0.25, 0.3) is 0 Å². The average molecular weight is 450 g/mol. The third kappa shape index (κ3) is 6.45. The summed E-state index contributed by atoms with van der Waals surface area (Å²) in [5.41, 5.74) is 1.80. The largest absolute Gasteiger partial charge is 0.340 e. The molecule has 0 spiro atoms. The Labute approximate surface area is 184 Å². The molecule has 0 atom stereocenters. The highest BCUT2D eigenvalue weighted by molar-refractivity contribution is 7.92. The fourth-order valence-electron chi connectivity index (χ4n) is 3.65. The van der Waals surface area contributed by atoms with Crippen molar-refractivity contribution in [3.05, 3.63) is 65.2 Å². The van der Waals surface area contributed by atoms with Crippen LogP contribution in [0.2, 0.25) is 5.02 Å². The van der Waals surface area contributed by atoms with Gasteiger partial charge >= 0.3 is 0 Å². The summed E-state index contributed by atoms with van der Waals surface area (Å²) in [6, 6.07) is 17.1. The van der Waals surface area contributed by atoms with Crippen molar-refractivity contribution in [3.8, 4) is 0 Å². The summed E-state index contributed by atoms with van der Waals surface area (Å²) in [6.45, 7) is 4.24. The van der Waals surface area contributed by atoms with Crippen molar-refractivity contribution in [1.29, 1.82) is 0 Å². The van der Waals surface area contributed by atoms with Gasteiger partial charge in [-0.15, -0.1) is 0 Å². The molecule has 3 rings (SSSR count). The van der Waals surface area contributed by atoms with Crippen LogP contribution < -0.4 is 4.31 Å². The molecule has 0 N–H and O–H groups in total. The SMILES string of the molecule is CS(=O)(=O)N(CCCC(=O)N1CCN(Cc2ccccc2)CC1)c1cccc(Cl)c1. The lowest BCUT2D eigenvalue weighted by atomic mass is 10.2. The molecule has 2 aromatic rings. The van der Waals surface area contributed by atoms with Crippen molar-refractivity contribution < 1.29 is 13.2 Å². The van der Waals surface area contributed by atoms with Gasteiger partial charge in [-0.3, -0.25) is 14.0 Å². The lowest BCUT2D eigenvalue weighted by Gasteiger charge is -2.35. The van der Waals surface area contributed by atoms with Crippen LogP contribution in [0, 0.1) is 0 Å². The fraction of sp³-hybridized carbons (Fsp3) is 0.409. The molecule has 0 bridgehead atoms. The second-order valence-electron chi connectivity index (χ2n) is 7.56. The molecule has 8 heteroatoms. The van der Waals surface area contributed by atoms with Crippen LogP contribution in [-0.4, -0.2) is 63.1 Å². The Kier molecular flexibility index (Phi) is 7.75. The molecule has 30 heavy (non-hydrogen) atoms. The van der Waals surface area contributed by atoms with Crippen molar-refractivity contribution in [1.82, 2.24) is 9.80 Å². The van der Waals surface area contributed by atoms with Crippen LogP contribution in [0.25, 0.3) is 0 Å². The Morgan fingerprint density at radius 1 is 1.03 bits per heavy atom. The third-order valence-electron chi connectivity index (χ3n) is 5.22. The number of sulfonamides is 1. The lowest BCUT2D eigenvalue weighted by Crippen LogP contribution is -2.48. The maximum atomic E-state index is 12.6. The van der Waals surface area contributed by atoms with Gasteiger partial charge in [0.15, 0.2) is 0 Å². The second kappa shape index (κ2) is 10.3. The molecule has 1 amide bonds. The molecule has 1 heterocycles. The van der Waals surface area contributed by atoms with Crippen molar-refractivity contribution in [3.63, 3.8) is 0 Å². The molecule has 6 nitrogen and oxygen atoms in total. The first-order valence-electron chi connectivity index (χ1n) is 10.1. The Hall–Kier alpha value is -2.09. The van der Waals surface area contributed by atoms with Gasteiger partial charge in [-0.25, -0.2) is 8.42 Å². The number of nitrogens with zero attached hydrogens (tertiary/aromatic N) is 3. The molecular weight excluding hydrogens is 422 g/mol. The standard InChI is InChI=1S/C22H28ClN3O3S/c1-30(28,29)26(21-10-5-9-20(23)17-21)12-6-11-22(27)25-15-13-24(14-16-25)18-19-7-3-2-4-8-19/h2-5,7-10,17H,6,11-16,18H2,1H3. The summed E-state index contributed by atoms with van der Waals surface area (Å²) < 4.78 is 25.7. The highest BCUT2D eigenvalue weighted by Gasteiger charge is 2.22. The monoisotopic (exact) mass is 449 g/mol. The van der Waals surface area contributed by atoms with Gasteiger partial charge in [-0.2, -0.15) is 0 Å². The Morgan fingerprint density at radius 2 is 1.73 bits per heavy atom. The van der Waals surface area contributed by atoms with Gasteiger partial charge in [-0.05, 0) is 30.2 Å². The highest BCUT2D eigenvalue weighted by Crippen LogP contribution is 2.22. The Balaban J connectivity index is 1.47. The number of carbonyl (C=O) groups excluding carboxylic acids is 1. The van der Waals surface area contributed by atoms with E-state index in [-0.39, 0.29) is 12.5 Å². The lowest BCUT2D eigenvalue weighted by molar-refractivity contribution is -0.133. The normalized spacial score (nSPS) is 15.2. The number of hydrogen-bond donors (Lipinski definition) is 0. The van der Waals surface area contributed by atoms with Crippen molar-refractivity contribution in [2.45, 2.75) is 19.4 Å². The van der Waals surface area contributed by atoms with Gasteiger partial charge in [-0.1, -0.05) is 48.0 Å². The van der Waals surface area contributed by atoms with Gasteiger partial charge in [0.05, 0.1) is 11.9 Å². The predicted octanol–water partition coefficient (Wildman–Crippen LogP) is 3.23. The van der Waals surface area contributed by atoms with Crippen LogP contribution in [0.5, 0.6) is 0 Å². The Bertz CT molecular complexity index is 945. The summed E-state index contributed by atoms with van der Waals surface area (Å²) in [4.78, 5) is 16.8. The van der Waals surface area contributed by atoms with Crippen LogP contribution >= 0.6 is 11.6 Å². The summed E-state index contributed by atoms with van der Waals surface area (Å²) in [5, 5.41) is 0.477. The minimum Gasteiger partial charge on any atom is -0.340 e. The molecule has 1 fully saturated rings. The molecule has 1 aliphatic heterocycles. The van der Waals surface area contributed by atoms with Crippen LogP contribution in [0.15, 0.2) is 54.6 Å². The van der Waals surface area contributed by atoms with E-state index in [0.29, 0.717) is 36.6 Å². The summed E-state index contributed by atoms with van der Waals surface area (Å²) in [5.74, 6) is 0.0777. The van der Waals surface area contributed by atoms with E-state index in [4.69, 9.17) is 11.6 Å². The fourth-order valence-corrected chi connectivity index (χ4v) is 4.79. The zero-order valence-corrected chi connectivity index (χ0v) is 18.8. The van der Waals surface area contributed by atoms with Crippen LogP contribution in [0.3, 0.4) is 0 Å². The van der Waals surface area contributed by atoms with Gasteiger partial charge in [0, 0.05) is 50.7 Å². The zero-order valence-electron chi connectivity index (χ0n) is 17.2. The van der Waals surface area contributed by atoms with Gasteiger partial charge in [0.2, 0.25) is 15.9 Å². The smallest absolute Gasteiger partial charge is 0.232 e. The van der Waals surface area contributed by atoms with Gasteiger partial charge < -0.3 is 4.90 Å². The quantitative estimate of drug-likeness (QED) is 0.620. The molecule has 0 aromatic heterocycles. The second-order valence-corrected chi connectivity index (χ2v) is 9.90. The number of piperazine rings is 1. The first-order chi connectivity index (χ1) is 14.3. The first-order valence-corrected chi connectivity index (χ1v) is 12.3. The molecule has 162 valence electrons. The maximum Gasteiger partial charge on any atom is 0.232 e. The number of rotatable bonds is 8. The average Bonchev–Trinajstić information content (AvgIpc) is 2.71. The number of hydrogen-bond acceptors (Lipinski definition) is 4. The molecule has 0 aliphatic carbocycles. The van der Waals surface area contributed by atoms with Crippen molar-refractivity contribution >= 4 is 33.2 Å². The number of carbonyl (C=O) groups is 1. The first kappa shape index (κ1) is 22.6. The van der Waals surface area contributed by atoms with E-state index in [1.54, 1.807) is 24.3 Å². The van der Waals surface area contributed by atoms with Crippen molar-refractivity contribution in [2.24, 2.45) is 0 Å². The molecule has 0 saturated carbocycles. The summed E-state index contributed by atoms with van der Waals surface area (Å²) in [6.07, 6.45) is 1.95.